The number of nitrogens with zero attached hydrogens (tertiary/aromatic N) is 1. The van der Waals surface area contributed by atoms with E-state index in [0.717, 1.165) is 5.56 Å². The molecule has 0 aromatic heterocycles. The van der Waals surface area contributed by atoms with Gasteiger partial charge in [-0.25, -0.2) is 4.39 Å². The van der Waals surface area contributed by atoms with Crippen LogP contribution in [0.15, 0.2) is 24.3 Å². The molecule has 1 rings (SSSR count). The van der Waals surface area contributed by atoms with Crippen molar-refractivity contribution in [3.63, 3.8) is 0 Å². The van der Waals surface area contributed by atoms with E-state index in [1.54, 1.807) is 24.1 Å². The summed E-state index contributed by atoms with van der Waals surface area (Å²) in [5.74, 6) is -0.278. The molecule has 94 valence electrons. The molecule has 0 aliphatic rings. The van der Waals surface area contributed by atoms with Gasteiger partial charge < -0.3 is 4.90 Å². The molecule has 0 atom stereocenters. The third-order valence-corrected chi connectivity index (χ3v) is 2.38. The monoisotopic (exact) mass is 237 g/mol. The first-order valence-electron chi connectivity index (χ1n) is 5.76. The third-order valence-electron chi connectivity index (χ3n) is 2.38. The SMILES string of the molecule is CN(CC(C)(C)C)C(=O)Cc1cccc(F)c1. The van der Waals surface area contributed by atoms with Gasteiger partial charge in [-0.15, -0.1) is 0 Å². The predicted octanol–water partition coefficient (Wildman–Crippen LogP) is 2.87. The van der Waals surface area contributed by atoms with E-state index >= 15 is 0 Å². The van der Waals surface area contributed by atoms with Crippen LogP contribution in [0.4, 0.5) is 4.39 Å². The Bertz CT molecular complexity index is 395. The molecule has 0 bridgehead atoms. The molecule has 0 N–H and O–H groups in total. The highest BCUT2D eigenvalue weighted by atomic mass is 19.1. The maximum Gasteiger partial charge on any atom is 0.226 e. The number of halogens is 1. The zero-order valence-electron chi connectivity index (χ0n) is 11.0. The second-order valence-corrected chi connectivity index (χ2v) is 5.62. The van der Waals surface area contributed by atoms with Crippen LogP contribution in [0, 0.1) is 11.2 Å². The van der Waals surface area contributed by atoms with Crippen molar-refractivity contribution in [1.82, 2.24) is 4.90 Å². The second-order valence-electron chi connectivity index (χ2n) is 5.62. The van der Waals surface area contributed by atoms with Gasteiger partial charge in [0, 0.05) is 13.6 Å². The standard InChI is InChI=1S/C14H20FNO/c1-14(2,3)10-16(4)13(17)9-11-6-5-7-12(15)8-11/h5-8H,9-10H2,1-4H3. The van der Waals surface area contributed by atoms with Gasteiger partial charge in [-0.05, 0) is 23.1 Å². The number of benzene rings is 1. The van der Waals surface area contributed by atoms with E-state index < -0.39 is 0 Å². The summed E-state index contributed by atoms with van der Waals surface area (Å²) in [6, 6.07) is 6.18. The molecule has 0 aliphatic heterocycles. The van der Waals surface area contributed by atoms with Gasteiger partial charge in [0.15, 0.2) is 0 Å². The van der Waals surface area contributed by atoms with Crippen LogP contribution in [0.2, 0.25) is 0 Å². The largest absolute Gasteiger partial charge is 0.345 e. The molecule has 1 aromatic carbocycles. The Morgan fingerprint density at radius 1 is 1.35 bits per heavy atom. The normalized spacial score (nSPS) is 11.4. The second kappa shape index (κ2) is 5.30. The average Bonchev–Trinajstić information content (AvgIpc) is 2.14. The van der Waals surface area contributed by atoms with E-state index in [0.29, 0.717) is 6.54 Å². The number of rotatable bonds is 3. The number of amides is 1. The predicted molar refractivity (Wildman–Crippen MR) is 67.2 cm³/mol. The van der Waals surface area contributed by atoms with Gasteiger partial charge in [0.1, 0.15) is 5.82 Å². The van der Waals surface area contributed by atoms with Gasteiger partial charge in [0.2, 0.25) is 5.91 Å². The molecule has 0 saturated heterocycles. The lowest BCUT2D eigenvalue weighted by molar-refractivity contribution is -0.130. The van der Waals surface area contributed by atoms with E-state index in [1.165, 1.54) is 12.1 Å². The molecule has 0 saturated carbocycles. The van der Waals surface area contributed by atoms with Crippen molar-refractivity contribution in [3.05, 3.63) is 35.6 Å². The summed E-state index contributed by atoms with van der Waals surface area (Å²) in [7, 11) is 1.78. The Labute approximate surface area is 102 Å². The molecule has 1 aromatic rings. The molecule has 0 unspecified atom stereocenters. The lowest BCUT2D eigenvalue weighted by Crippen LogP contribution is -2.35. The zero-order chi connectivity index (χ0) is 13.1. The highest BCUT2D eigenvalue weighted by molar-refractivity contribution is 5.78. The molecule has 1 amide bonds. The van der Waals surface area contributed by atoms with Crippen molar-refractivity contribution < 1.29 is 9.18 Å². The van der Waals surface area contributed by atoms with Crippen molar-refractivity contribution in [3.8, 4) is 0 Å². The Morgan fingerprint density at radius 3 is 2.53 bits per heavy atom. The molecular formula is C14H20FNO. The summed E-state index contributed by atoms with van der Waals surface area (Å²) in [6.07, 6.45) is 0.254. The molecule has 3 heteroatoms. The zero-order valence-corrected chi connectivity index (χ0v) is 11.0. The highest BCUT2D eigenvalue weighted by Crippen LogP contribution is 2.15. The van der Waals surface area contributed by atoms with Crippen molar-refractivity contribution in [2.24, 2.45) is 5.41 Å². The molecular weight excluding hydrogens is 217 g/mol. The number of carbonyl (C=O) groups excluding carboxylic acids is 1. The number of carbonyl (C=O) groups is 1. The summed E-state index contributed by atoms with van der Waals surface area (Å²) in [4.78, 5) is 13.6. The van der Waals surface area contributed by atoms with Crippen LogP contribution in [0.5, 0.6) is 0 Å². The first kappa shape index (κ1) is 13.7. The number of hydrogen-bond donors (Lipinski definition) is 0. The van der Waals surface area contributed by atoms with Crippen LogP contribution in [-0.2, 0) is 11.2 Å². The van der Waals surface area contributed by atoms with Crippen LogP contribution in [0.1, 0.15) is 26.3 Å². The van der Waals surface area contributed by atoms with E-state index in [9.17, 15) is 9.18 Å². The van der Waals surface area contributed by atoms with E-state index in [-0.39, 0.29) is 23.6 Å². The molecule has 0 spiro atoms. The number of likely N-dealkylation sites (N-methyl/N-ethyl adjacent to an activating group) is 1. The lowest BCUT2D eigenvalue weighted by Gasteiger charge is -2.26. The fourth-order valence-corrected chi connectivity index (χ4v) is 1.76. The van der Waals surface area contributed by atoms with Crippen LogP contribution in [0.25, 0.3) is 0 Å². The summed E-state index contributed by atoms with van der Waals surface area (Å²) >= 11 is 0. The first-order chi connectivity index (χ1) is 7.78. The molecule has 0 heterocycles. The molecule has 0 aliphatic carbocycles. The summed E-state index contributed by atoms with van der Waals surface area (Å²) in [5.41, 5.74) is 0.794. The maximum atomic E-state index is 13.0. The van der Waals surface area contributed by atoms with Crippen LogP contribution < -0.4 is 0 Å². The first-order valence-corrected chi connectivity index (χ1v) is 5.76. The van der Waals surface area contributed by atoms with Crippen LogP contribution >= 0.6 is 0 Å². The Kier molecular flexibility index (Phi) is 4.27. The average molecular weight is 237 g/mol. The quantitative estimate of drug-likeness (QED) is 0.791. The van der Waals surface area contributed by atoms with Gasteiger partial charge in [0.05, 0.1) is 6.42 Å². The Hall–Kier alpha value is -1.38. The minimum Gasteiger partial charge on any atom is -0.345 e. The van der Waals surface area contributed by atoms with Crippen molar-refractivity contribution in [2.45, 2.75) is 27.2 Å². The van der Waals surface area contributed by atoms with E-state index in [1.807, 2.05) is 0 Å². The topological polar surface area (TPSA) is 20.3 Å². The van der Waals surface area contributed by atoms with E-state index in [4.69, 9.17) is 0 Å². The third kappa shape index (κ3) is 4.98. The van der Waals surface area contributed by atoms with Gasteiger partial charge in [-0.1, -0.05) is 32.9 Å². The van der Waals surface area contributed by atoms with Gasteiger partial charge in [0.25, 0.3) is 0 Å². The Morgan fingerprint density at radius 2 is 2.00 bits per heavy atom. The fourth-order valence-electron chi connectivity index (χ4n) is 1.76. The fraction of sp³-hybridized carbons (Fsp3) is 0.500. The number of hydrogen-bond acceptors (Lipinski definition) is 1. The lowest BCUT2D eigenvalue weighted by atomic mass is 9.96. The van der Waals surface area contributed by atoms with Crippen molar-refractivity contribution >= 4 is 5.91 Å². The molecule has 0 fully saturated rings. The van der Waals surface area contributed by atoms with Gasteiger partial charge in [-0.2, -0.15) is 0 Å². The summed E-state index contributed by atoms with van der Waals surface area (Å²) in [6.45, 7) is 6.94. The maximum absolute atomic E-state index is 13.0. The minimum absolute atomic E-state index is 0.0190. The summed E-state index contributed by atoms with van der Waals surface area (Å²) in [5, 5.41) is 0. The summed E-state index contributed by atoms with van der Waals surface area (Å²) < 4.78 is 13.0. The van der Waals surface area contributed by atoms with Gasteiger partial charge in [-0.3, -0.25) is 4.79 Å². The van der Waals surface area contributed by atoms with Crippen LogP contribution in [0.3, 0.4) is 0 Å². The molecule has 0 radical (unpaired) electrons. The highest BCUT2D eigenvalue weighted by Gasteiger charge is 2.17. The molecule has 2 nitrogen and oxygen atoms in total. The molecule has 17 heavy (non-hydrogen) atoms. The van der Waals surface area contributed by atoms with Crippen LogP contribution in [-0.4, -0.2) is 24.4 Å². The van der Waals surface area contributed by atoms with Crippen molar-refractivity contribution in [1.29, 1.82) is 0 Å². The van der Waals surface area contributed by atoms with Gasteiger partial charge >= 0.3 is 0 Å². The Balaban J connectivity index is 2.60. The van der Waals surface area contributed by atoms with Crippen molar-refractivity contribution in [2.75, 3.05) is 13.6 Å². The smallest absolute Gasteiger partial charge is 0.226 e. The minimum atomic E-state index is -0.297. The van der Waals surface area contributed by atoms with E-state index in [2.05, 4.69) is 20.8 Å².